The van der Waals surface area contributed by atoms with E-state index >= 15 is 0 Å². The molecule has 3 N–H and O–H groups in total. The molecule has 0 aromatic heterocycles. The number of rotatable bonds is 3. The first-order valence-electron chi connectivity index (χ1n) is 9.81. The minimum absolute atomic E-state index is 0.0221. The maximum atomic E-state index is 13.7. The van der Waals surface area contributed by atoms with E-state index in [0.29, 0.717) is 5.69 Å². The number of anilines is 1. The van der Waals surface area contributed by atoms with Gasteiger partial charge in [-0.3, -0.25) is 14.4 Å². The molecule has 7 nitrogen and oxygen atoms in total. The number of allylic oxidation sites excluding steroid dienone is 4. The van der Waals surface area contributed by atoms with Gasteiger partial charge in [0, 0.05) is 23.0 Å². The third-order valence-corrected chi connectivity index (χ3v) is 5.94. The summed E-state index contributed by atoms with van der Waals surface area (Å²) in [6.07, 6.45) is 1.14. The van der Waals surface area contributed by atoms with Crippen molar-refractivity contribution in [2.24, 2.45) is 0 Å². The molecule has 32 heavy (non-hydrogen) atoms. The third-order valence-electron chi connectivity index (χ3n) is 5.94. The lowest BCUT2D eigenvalue weighted by atomic mass is 9.70. The zero-order valence-corrected chi connectivity index (χ0v) is 17.8. The number of halogens is 1. The summed E-state index contributed by atoms with van der Waals surface area (Å²) >= 11 is 0. The highest BCUT2D eigenvalue weighted by Gasteiger charge is 2.56. The number of fused-ring (bicyclic) bond motifs is 3. The summed E-state index contributed by atoms with van der Waals surface area (Å²) in [7, 11) is 0. The van der Waals surface area contributed by atoms with Gasteiger partial charge in [-0.25, -0.2) is 4.39 Å². The molecule has 1 aliphatic heterocycles. The van der Waals surface area contributed by atoms with Crippen molar-refractivity contribution in [1.82, 2.24) is 0 Å². The molecule has 0 saturated carbocycles. The highest BCUT2D eigenvalue weighted by molar-refractivity contribution is 6.31. The van der Waals surface area contributed by atoms with E-state index in [2.05, 4.69) is 5.32 Å². The van der Waals surface area contributed by atoms with Gasteiger partial charge >= 0.3 is 0 Å². The second-order valence-corrected chi connectivity index (χ2v) is 8.02. The van der Waals surface area contributed by atoms with Crippen molar-refractivity contribution in [3.8, 4) is 17.2 Å². The summed E-state index contributed by atoms with van der Waals surface area (Å²) in [5, 5.41) is 24.1. The molecule has 0 bridgehead atoms. The topological polar surface area (TPSA) is 113 Å². The van der Waals surface area contributed by atoms with Gasteiger partial charge in [-0.1, -0.05) is 0 Å². The number of ketones is 3. The highest BCUT2D eigenvalue weighted by Crippen LogP contribution is 2.57. The number of hydrogen-bond donors (Lipinski definition) is 3. The van der Waals surface area contributed by atoms with Gasteiger partial charge < -0.3 is 20.3 Å². The Bertz CT molecular complexity index is 1290. The molecule has 0 fully saturated rings. The Balaban J connectivity index is 1.91. The van der Waals surface area contributed by atoms with Gasteiger partial charge in [0.25, 0.3) is 0 Å². The number of carbonyl (C=O) groups excluding carboxylic acids is 3. The van der Waals surface area contributed by atoms with E-state index in [4.69, 9.17) is 4.74 Å². The Morgan fingerprint density at radius 2 is 1.72 bits per heavy atom. The van der Waals surface area contributed by atoms with Crippen molar-refractivity contribution < 1.29 is 33.7 Å². The molecule has 0 radical (unpaired) electrons. The van der Waals surface area contributed by atoms with Crippen LogP contribution in [0.2, 0.25) is 0 Å². The Morgan fingerprint density at radius 1 is 1.09 bits per heavy atom. The summed E-state index contributed by atoms with van der Waals surface area (Å²) in [6.45, 7) is 5.67. The lowest BCUT2D eigenvalue weighted by molar-refractivity contribution is -0.123. The summed E-state index contributed by atoms with van der Waals surface area (Å²) in [5.74, 6) is -3.22. The summed E-state index contributed by atoms with van der Waals surface area (Å²) in [4.78, 5) is 38.7. The van der Waals surface area contributed by atoms with Crippen molar-refractivity contribution >= 4 is 23.0 Å². The number of aromatic hydroxyl groups is 2. The zero-order chi connectivity index (χ0) is 23.5. The van der Waals surface area contributed by atoms with E-state index in [1.807, 2.05) is 0 Å². The van der Waals surface area contributed by atoms with E-state index in [0.717, 1.165) is 6.08 Å². The number of hydrogen-bond acceptors (Lipinski definition) is 7. The van der Waals surface area contributed by atoms with Gasteiger partial charge in [0.2, 0.25) is 0 Å². The number of Topliss-reactive ketones (excluding diaryl/α,β-unsaturated/α-hetero) is 2. The van der Waals surface area contributed by atoms with Gasteiger partial charge in [-0.15, -0.1) is 0 Å². The van der Waals surface area contributed by atoms with Crippen LogP contribution in [0, 0.1) is 12.7 Å². The van der Waals surface area contributed by atoms with Crippen molar-refractivity contribution in [2.45, 2.75) is 33.1 Å². The Hall–Kier alpha value is -3.94. The maximum absolute atomic E-state index is 13.7. The Kier molecular flexibility index (Phi) is 4.69. The number of phenols is 2. The van der Waals surface area contributed by atoms with Crippen LogP contribution in [0.5, 0.6) is 17.2 Å². The normalized spacial score (nSPS) is 20.8. The van der Waals surface area contributed by atoms with Crippen LogP contribution in [0.25, 0.3) is 0 Å². The fraction of sp³-hybridized carbons (Fsp3) is 0.208. The van der Waals surface area contributed by atoms with Gasteiger partial charge in [0.05, 0.1) is 11.1 Å². The number of carbonyl (C=O) groups is 3. The molecular formula is C24H20FNO6. The largest absolute Gasteiger partial charge is 0.507 e. The predicted molar refractivity (Wildman–Crippen MR) is 113 cm³/mol. The predicted octanol–water partition coefficient (Wildman–Crippen LogP) is 3.82. The molecule has 2 aromatic carbocycles. The van der Waals surface area contributed by atoms with Crippen LogP contribution in [-0.4, -0.2) is 27.6 Å². The molecule has 1 heterocycles. The van der Waals surface area contributed by atoms with E-state index in [-0.39, 0.29) is 45.2 Å². The van der Waals surface area contributed by atoms with E-state index < -0.39 is 34.3 Å². The lowest BCUT2D eigenvalue weighted by Crippen LogP contribution is -2.40. The summed E-state index contributed by atoms with van der Waals surface area (Å²) in [5.41, 5.74) is -1.16. The zero-order valence-electron chi connectivity index (χ0n) is 17.8. The molecule has 164 valence electrons. The lowest BCUT2D eigenvalue weighted by Gasteiger charge is -2.29. The summed E-state index contributed by atoms with van der Waals surface area (Å²) in [6, 6.07) is 5.40. The first-order chi connectivity index (χ1) is 15.0. The Morgan fingerprint density at radius 3 is 2.31 bits per heavy atom. The minimum Gasteiger partial charge on any atom is -0.507 e. The second-order valence-electron chi connectivity index (χ2n) is 8.02. The third kappa shape index (κ3) is 2.83. The van der Waals surface area contributed by atoms with Crippen LogP contribution >= 0.6 is 0 Å². The molecule has 1 aliphatic carbocycles. The molecule has 4 rings (SSSR count). The average molecular weight is 437 g/mol. The second kappa shape index (κ2) is 7.05. The maximum Gasteiger partial charge on any atom is 0.194 e. The molecule has 8 heteroatoms. The Labute approximate surface area is 182 Å². The standard InChI is InChI=1S/C24H20FNO6/c1-10-20(29)18(12(3)27)22-19(21(10)30)24(4)16(32-22)9-15(28)17(23(24)31)11(2)26-14-7-5-13(25)6-8-14/h5-9,26,29-30H,1-4H3/b17-11-/t24-/m1/s1. The van der Waals surface area contributed by atoms with Crippen LogP contribution in [0.15, 0.2) is 47.4 Å². The SMILES string of the molecule is CC(=O)c1c(O)c(C)c(O)c2c1OC1=CC(=O)/C(=C(\C)Nc3ccc(F)cc3)C(=O)[C@]12C. The summed E-state index contributed by atoms with van der Waals surface area (Å²) < 4.78 is 18.9. The molecule has 0 unspecified atom stereocenters. The number of nitrogens with one attached hydrogen (secondary N) is 1. The molecule has 2 aromatic rings. The first kappa shape index (κ1) is 21.3. The van der Waals surface area contributed by atoms with Crippen molar-refractivity contribution in [2.75, 3.05) is 5.32 Å². The minimum atomic E-state index is -1.59. The van der Waals surface area contributed by atoms with Gasteiger partial charge in [0.15, 0.2) is 17.3 Å². The van der Waals surface area contributed by atoms with Crippen LogP contribution in [0.4, 0.5) is 10.1 Å². The van der Waals surface area contributed by atoms with Crippen molar-refractivity contribution in [3.05, 3.63) is 69.9 Å². The monoisotopic (exact) mass is 437 g/mol. The smallest absolute Gasteiger partial charge is 0.194 e. The first-order valence-corrected chi connectivity index (χ1v) is 9.81. The van der Waals surface area contributed by atoms with Gasteiger partial charge in [-0.2, -0.15) is 0 Å². The fourth-order valence-electron chi connectivity index (χ4n) is 4.17. The molecule has 0 saturated heterocycles. The fourth-order valence-corrected chi connectivity index (χ4v) is 4.17. The van der Waals surface area contributed by atoms with E-state index in [9.17, 15) is 29.0 Å². The number of benzene rings is 2. The molecule has 1 atom stereocenters. The van der Waals surface area contributed by atoms with Gasteiger partial charge in [0.1, 0.15) is 39.8 Å². The number of phenolic OH excluding ortho intramolecular Hbond substituents is 2. The van der Waals surface area contributed by atoms with Gasteiger partial charge in [-0.05, 0) is 52.0 Å². The molecule has 0 amide bonds. The average Bonchev–Trinajstić information content (AvgIpc) is 3.01. The van der Waals surface area contributed by atoms with Crippen molar-refractivity contribution in [1.29, 1.82) is 0 Å². The van der Waals surface area contributed by atoms with Crippen LogP contribution in [-0.2, 0) is 15.0 Å². The van der Waals surface area contributed by atoms with Crippen LogP contribution in [0.1, 0.15) is 42.3 Å². The van der Waals surface area contributed by atoms with E-state index in [1.54, 1.807) is 0 Å². The quantitative estimate of drug-likeness (QED) is 0.380. The van der Waals surface area contributed by atoms with Crippen LogP contribution in [0.3, 0.4) is 0 Å². The van der Waals surface area contributed by atoms with Crippen LogP contribution < -0.4 is 10.1 Å². The van der Waals surface area contributed by atoms with E-state index in [1.165, 1.54) is 52.0 Å². The number of ether oxygens (including phenoxy) is 1. The molecular weight excluding hydrogens is 417 g/mol. The molecule has 0 spiro atoms. The van der Waals surface area contributed by atoms with Crippen molar-refractivity contribution in [3.63, 3.8) is 0 Å². The highest BCUT2D eigenvalue weighted by atomic mass is 19.1. The molecule has 2 aliphatic rings.